The average molecular weight is 347 g/mol. The van der Waals surface area contributed by atoms with Crippen LogP contribution >= 0.6 is 0 Å². The van der Waals surface area contributed by atoms with Crippen LogP contribution in [0, 0.1) is 13.8 Å². The number of fused-ring (bicyclic) bond motifs is 3. The third kappa shape index (κ3) is 2.85. The van der Waals surface area contributed by atoms with Gasteiger partial charge in [-0.3, -0.25) is 4.68 Å². The molecular weight excluding hydrogens is 322 g/mol. The Hall–Kier alpha value is -2.75. The van der Waals surface area contributed by atoms with E-state index in [0.717, 1.165) is 30.2 Å². The van der Waals surface area contributed by atoms with Gasteiger partial charge in [0.25, 0.3) is 0 Å². The summed E-state index contributed by atoms with van der Waals surface area (Å²) in [5.74, 6) is 0.902. The summed E-state index contributed by atoms with van der Waals surface area (Å²) in [5, 5.41) is 4.46. The van der Waals surface area contributed by atoms with Crippen LogP contribution in [0.2, 0.25) is 0 Å². The number of rotatable bonds is 4. The number of benzene rings is 2. The molecular formula is C22H25N3O. The molecule has 0 spiro atoms. The maximum absolute atomic E-state index is 6.01. The van der Waals surface area contributed by atoms with E-state index >= 15 is 0 Å². The second-order valence-corrected chi connectivity index (χ2v) is 6.99. The molecule has 2 heterocycles. The molecule has 1 aromatic heterocycles. The number of aryl methyl sites for hydroxylation is 3. The SMILES string of the molecule is CCN1Cc2cc(OCc3cc(C)n(C)n3)ccc2-c2cccc(C)c21. The van der Waals surface area contributed by atoms with Gasteiger partial charge in [-0.2, -0.15) is 5.10 Å². The fourth-order valence-corrected chi connectivity index (χ4v) is 3.77. The summed E-state index contributed by atoms with van der Waals surface area (Å²) in [7, 11) is 1.95. The Kier molecular flexibility index (Phi) is 4.19. The van der Waals surface area contributed by atoms with Crippen LogP contribution in [0.4, 0.5) is 5.69 Å². The molecule has 0 radical (unpaired) electrons. The maximum Gasteiger partial charge on any atom is 0.132 e. The van der Waals surface area contributed by atoms with Crippen molar-refractivity contribution < 1.29 is 4.74 Å². The Balaban J connectivity index is 1.63. The van der Waals surface area contributed by atoms with Crippen molar-refractivity contribution >= 4 is 5.69 Å². The first-order valence-electron chi connectivity index (χ1n) is 9.17. The van der Waals surface area contributed by atoms with Gasteiger partial charge in [0.2, 0.25) is 0 Å². The molecule has 3 aromatic rings. The van der Waals surface area contributed by atoms with Crippen molar-refractivity contribution in [3.8, 4) is 16.9 Å². The summed E-state index contributed by atoms with van der Waals surface area (Å²) in [6.45, 7) is 8.87. The summed E-state index contributed by atoms with van der Waals surface area (Å²) in [6.07, 6.45) is 0. The summed E-state index contributed by atoms with van der Waals surface area (Å²) in [6, 6.07) is 15.1. The van der Waals surface area contributed by atoms with Crippen LogP contribution in [0.1, 0.15) is 29.4 Å². The predicted molar refractivity (Wildman–Crippen MR) is 106 cm³/mol. The predicted octanol–water partition coefficient (Wildman–Crippen LogP) is 4.62. The molecule has 0 bridgehead atoms. The Bertz CT molecular complexity index is 939. The van der Waals surface area contributed by atoms with Crippen molar-refractivity contribution in [1.29, 1.82) is 0 Å². The molecule has 4 heteroatoms. The van der Waals surface area contributed by atoms with Gasteiger partial charge in [-0.25, -0.2) is 0 Å². The van der Waals surface area contributed by atoms with Gasteiger partial charge >= 0.3 is 0 Å². The van der Waals surface area contributed by atoms with Crippen molar-refractivity contribution in [3.05, 3.63) is 65.0 Å². The number of hydrogen-bond donors (Lipinski definition) is 0. The molecule has 0 aliphatic carbocycles. The summed E-state index contributed by atoms with van der Waals surface area (Å²) >= 11 is 0. The van der Waals surface area contributed by atoms with E-state index in [9.17, 15) is 0 Å². The Morgan fingerprint density at radius 3 is 2.65 bits per heavy atom. The zero-order valence-electron chi connectivity index (χ0n) is 15.9. The number of ether oxygens (including phenoxy) is 1. The molecule has 1 aliphatic rings. The molecule has 0 saturated heterocycles. The molecule has 0 fully saturated rings. The number of hydrogen-bond acceptors (Lipinski definition) is 3. The van der Waals surface area contributed by atoms with Crippen molar-refractivity contribution in [3.63, 3.8) is 0 Å². The van der Waals surface area contributed by atoms with Crippen LogP contribution in [0.15, 0.2) is 42.5 Å². The lowest BCUT2D eigenvalue weighted by Crippen LogP contribution is -2.26. The van der Waals surface area contributed by atoms with Crippen LogP contribution in [0.25, 0.3) is 11.1 Å². The molecule has 0 saturated carbocycles. The fraction of sp³-hybridized carbons (Fsp3) is 0.318. The summed E-state index contributed by atoms with van der Waals surface area (Å²) < 4.78 is 7.89. The van der Waals surface area contributed by atoms with Crippen LogP contribution in [0.5, 0.6) is 5.75 Å². The third-order valence-corrected chi connectivity index (χ3v) is 5.21. The normalized spacial score (nSPS) is 12.7. The molecule has 0 N–H and O–H groups in total. The maximum atomic E-state index is 6.01. The van der Waals surface area contributed by atoms with Gasteiger partial charge in [-0.1, -0.05) is 24.3 Å². The Morgan fingerprint density at radius 2 is 1.92 bits per heavy atom. The minimum Gasteiger partial charge on any atom is -0.487 e. The standard InChI is InChI=1S/C22H25N3O/c1-5-25-13-17-12-19(26-14-18-11-16(3)24(4)23-18)9-10-20(17)21-8-6-7-15(2)22(21)25/h6-12H,5,13-14H2,1-4H3. The minimum atomic E-state index is 0.494. The van der Waals surface area contributed by atoms with Gasteiger partial charge in [-0.15, -0.1) is 0 Å². The van der Waals surface area contributed by atoms with Crippen LogP contribution in [-0.4, -0.2) is 16.3 Å². The number of para-hydroxylation sites is 1. The molecule has 2 aromatic carbocycles. The zero-order chi connectivity index (χ0) is 18.3. The highest BCUT2D eigenvalue weighted by Crippen LogP contribution is 2.41. The van der Waals surface area contributed by atoms with E-state index in [-0.39, 0.29) is 0 Å². The first-order valence-corrected chi connectivity index (χ1v) is 9.17. The van der Waals surface area contributed by atoms with E-state index in [1.165, 1.54) is 27.9 Å². The lowest BCUT2D eigenvalue weighted by Gasteiger charge is -2.33. The van der Waals surface area contributed by atoms with Crippen molar-refractivity contribution in [1.82, 2.24) is 9.78 Å². The smallest absolute Gasteiger partial charge is 0.132 e. The quantitative estimate of drug-likeness (QED) is 0.690. The molecule has 134 valence electrons. The number of aromatic nitrogens is 2. The van der Waals surface area contributed by atoms with E-state index in [4.69, 9.17) is 4.74 Å². The topological polar surface area (TPSA) is 30.3 Å². The van der Waals surface area contributed by atoms with Gasteiger partial charge in [0, 0.05) is 37.1 Å². The number of anilines is 1. The van der Waals surface area contributed by atoms with E-state index in [0.29, 0.717) is 6.61 Å². The fourth-order valence-electron chi connectivity index (χ4n) is 3.77. The molecule has 26 heavy (non-hydrogen) atoms. The summed E-state index contributed by atoms with van der Waals surface area (Å²) in [4.78, 5) is 2.44. The van der Waals surface area contributed by atoms with E-state index in [2.05, 4.69) is 66.3 Å². The first kappa shape index (κ1) is 16.7. The molecule has 0 unspecified atom stereocenters. The number of nitrogens with zero attached hydrogens (tertiary/aromatic N) is 3. The van der Waals surface area contributed by atoms with Crippen LogP contribution in [-0.2, 0) is 20.2 Å². The molecule has 4 nitrogen and oxygen atoms in total. The van der Waals surface area contributed by atoms with Crippen molar-refractivity contribution in [2.45, 2.75) is 33.9 Å². The first-order chi connectivity index (χ1) is 12.6. The van der Waals surface area contributed by atoms with Gasteiger partial charge in [0.05, 0.1) is 0 Å². The Labute approximate surface area is 155 Å². The highest BCUT2D eigenvalue weighted by molar-refractivity contribution is 5.85. The van der Waals surface area contributed by atoms with E-state index in [1.54, 1.807) is 0 Å². The van der Waals surface area contributed by atoms with Crippen molar-refractivity contribution in [2.75, 3.05) is 11.4 Å². The lowest BCUT2D eigenvalue weighted by molar-refractivity contribution is 0.299. The zero-order valence-corrected chi connectivity index (χ0v) is 15.9. The largest absolute Gasteiger partial charge is 0.487 e. The lowest BCUT2D eigenvalue weighted by atomic mass is 9.91. The third-order valence-electron chi connectivity index (χ3n) is 5.21. The van der Waals surface area contributed by atoms with Crippen LogP contribution in [0.3, 0.4) is 0 Å². The Morgan fingerprint density at radius 1 is 1.08 bits per heavy atom. The van der Waals surface area contributed by atoms with Gasteiger partial charge < -0.3 is 9.64 Å². The minimum absolute atomic E-state index is 0.494. The summed E-state index contributed by atoms with van der Waals surface area (Å²) in [5.41, 5.74) is 8.74. The average Bonchev–Trinajstić information content (AvgIpc) is 2.97. The molecule has 4 rings (SSSR count). The van der Waals surface area contributed by atoms with Gasteiger partial charge in [0.15, 0.2) is 0 Å². The van der Waals surface area contributed by atoms with Crippen molar-refractivity contribution in [2.24, 2.45) is 7.05 Å². The van der Waals surface area contributed by atoms with E-state index in [1.807, 2.05) is 18.7 Å². The highest BCUT2D eigenvalue weighted by Gasteiger charge is 2.22. The highest BCUT2D eigenvalue weighted by atomic mass is 16.5. The van der Waals surface area contributed by atoms with E-state index < -0.39 is 0 Å². The second-order valence-electron chi connectivity index (χ2n) is 6.99. The van der Waals surface area contributed by atoms with Gasteiger partial charge in [0.1, 0.15) is 18.1 Å². The molecule has 1 aliphatic heterocycles. The van der Waals surface area contributed by atoms with Crippen LogP contribution < -0.4 is 9.64 Å². The second kappa shape index (κ2) is 6.52. The molecule has 0 amide bonds. The monoisotopic (exact) mass is 347 g/mol. The molecule has 0 atom stereocenters. The van der Waals surface area contributed by atoms with Gasteiger partial charge in [-0.05, 0) is 55.7 Å².